The number of carbonyl (C=O) groups excluding carboxylic acids is 1. The molecule has 1 unspecified atom stereocenters. The van der Waals surface area contributed by atoms with E-state index in [1.54, 1.807) is 6.07 Å². The van der Waals surface area contributed by atoms with Gasteiger partial charge in [-0.25, -0.2) is 19.4 Å². The summed E-state index contributed by atoms with van der Waals surface area (Å²) in [4.78, 5) is 31.0. The van der Waals surface area contributed by atoms with Gasteiger partial charge in [0, 0.05) is 43.2 Å². The van der Waals surface area contributed by atoms with Gasteiger partial charge in [0.25, 0.3) is 0 Å². The summed E-state index contributed by atoms with van der Waals surface area (Å²) in [5.74, 6) is -0.719. The number of halogens is 4. The van der Waals surface area contributed by atoms with E-state index in [4.69, 9.17) is 9.57 Å². The summed E-state index contributed by atoms with van der Waals surface area (Å²) >= 11 is 0. The van der Waals surface area contributed by atoms with Crippen LogP contribution in [-0.4, -0.2) is 67.7 Å². The summed E-state index contributed by atoms with van der Waals surface area (Å²) in [5.41, 5.74) is 0.336. The molecule has 0 radical (unpaired) electrons. The van der Waals surface area contributed by atoms with Crippen molar-refractivity contribution in [2.45, 2.75) is 37.5 Å². The van der Waals surface area contributed by atoms with E-state index >= 15 is 4.39 Å². The van der Waals surface area contributed by atoms with E-state index in [0.717, 1.165) is 31.6 Å². The van der Waals surface area contributed by atoms with E-state index in [0.29, 0.717) is 35.1 Å². The van der Waals surface area contributed by atoms with Crippen LogP contribution in [0.15, 0.2) is 55.4 Å². The normalized spacial score (nSPS) is 17.5. The van der Waals surface area contributed by atoms with Crippen molar-refractivity contribution in [3.05, 3.63) is 72.3 Å². The molecule has 2 aliphatic heterocycles. The first-order valence-electron chi connectivity index (χ1n) is 14.4. The summed E-state index contributed by atoms with van der Waals surface area (Å²) < 4.78 is 60.9. The Bertz CT molecular complexity index is 1540. The first-order chi connectivity index (χ1) is 21.5. The number of carbonyl (C=O) groups is 1. The third-order valence-corrected chi connectivity index (χ3v) is 8.04. The highest BCUT2D eigenvalue weighted by atomic mass is 19.4. The Morgan fingerprint density at radius 1 is 1.13 bits per heavy atom. The molecule has 1 amide bonds. The van der Waals surface area contributed by atoms with Crippen molar-refractivity contribution in [2.24, 2.45) is 0 Å². The number of piperidine rings is 1. The van der Waals surface area contributed by atoms with Gasteiger partial charge in [-0.15, -0.1) is 0 Å². The van der Waals surface area contributed by atoms with Crippen LogP contribution in [0.2, 0.25) is 0 Å². The zero-order valence-corrected chi connectivity index (χ0v) is 25.2. The molecule has 14 heteroatoms. The van der Waals surface area contributed by atoms with Gasteiger partial charge in [0.2, 0.25) is 5.91 Å². The van der Waals surface area contributed by atoms with Crippen LogP contribution in [0.1, 0.15) is 36.4 Å². The van der Waals surface area contributed by atoms with E-state index < -0.39 is 23.6 Å². The highest BCUT2D eigenvalue weighted by Crippen LogP contribution is 2.42. The monoisotopic (exact) mass is 629 g/mol. The number of alkyl halides is 3. The lowest BCUT2D eigenvalue weighted by molar-refractivity contribution is -0.140. The smallest absolute Gasteiger partial charge is 0.419 e. The lowest BCUT2D eigenvalue weighted by Crippen LogP contribution is -2.42. The summed E-state index contributed by atoms with van der Waals surface area (Å²) in [7, 11) is 5.66. The Kier molecular flexibility index (Phi) is 9.44. The number of hydroxylamine groups is 1. The molecular formula is C31H35F4N7O3. The second-order valence-corrected chi connectivity index (χ2v) is 11.0. The summed E-state index contributed by atoms with van der Waals surface area (Å²) in [6.45, 7) is 5.29. The van der Waals surface area contributed by atoms with E-state index in [2.05, 4.69) is 51.1 Å². The number of methoxy groups -OCH3 is 1. The van der Waals surface area contributed by atoms with Crippen LogP contribution < -0.4 is 25.3 Å². The molecule has 1 aromatic heterocycles. The summed E-state index contributed by atoms with van der Waals surface area (Å²) in [6, 6.07) is 7.93. The van der Waals surface area contributed by atoms with Crippen molar-refractivity contribution in [3.8, 4) is 5.75 Å². The number of amides is 1. The molecule has 45 heavy (non-hydrogen) atoms. The number of rotatable bonds is 9. The first kappa shape index (κ1) is 32.0. The number of anilines is 5. The third kappa shape index (κ3) is 6.96. The Balaban J connectivity index is 1.44. The minimum absolute atomic E-state index is 0.148. The van der Waals surface area contributed by atoms with Gasteiger partial charge in [-0.2, -0.15) is 13.2 Å². The van der Waals surface area contributed by atoms with Crippen molar-refractivity contribution in [2.75, 3.05) is 61.5 Å². The molecular weight excluding hydrogens is 594 g/mol. The van der Waals surface area contributed by atoms with E-state index in [1.807, 2.05) is 6.07 Å². The van der Waals surface area contributed by atoms with Crippen molar-refractivity contribution in [1.29, 1.82) is 0 Å². The van der Waals surface area contributed by atoms with Crippen LogP contribution in [0.25, 0.3) is 0 Å². The highest BCUT2D eigenvalue weighted by molar-refractivity contribution is 6.02. The lowest BCUT2D eigenvalue weighted by atomic mass is 10.0. The fourth-order valence-electron chi connectivity index (χ4n) is 5.68. The molecule has 3 heterocycles. The van der Waals surface area contributed by atoms with Gasteiger partial charge in [0.05, 0.1) is 42.4 Å². The third-order valence-electron chi connectivity index (χ3n) is 8.04. The fraction of sp³-hybridized carbons (Fsp3) is 0.387. The lowest BCUT2D eigenvalue weighted by Gasteiger charge is -2.37. The predicted molar refractivity (Wildman–Crippen MR) is 163 cm³/mol. The molecule has 0 aliphatic carbocycles. The topological polar surface area (TPSA) is 95.1 Å². The van der Waals surface area contributed by atoms with Crippen LogP contribution in [-0.2, 0) is 15.8 Å². The van der Waals surface area contributed by atoms with Gasteiger partial charge in [-0.3, -0.25) is 9.63 Å². The summed E-state index contributed by atoms with van der Waals surface area (Å²) in [5, 5.41) is 7.36. The molecule has 2 fully saturated rings. The van der Waals surface area contributed by atoms with Gasteiger partial charge in [0.1, 0.15) is 23.7 Å². The van der Waals surface area contributed by atoms with Crippen LogP contribution in [0.5, 0.6) is 5.75 Å². The largest absolute Gasteiger partial charge is 0.494 e. The molecule has 5 rings (SSSR count). The van der Waals surface area contributed by atoms with Crippen LogP contribution in [0.3, 0.4) is 0 Å². The van der Waals surface area contributed by atoms with Gasteiger partial charge in [0.15, 0.2) is 5.82 Å². The number of hydrogen-bond acceptors (Lipinski definition) is 9. The first-order valence-corrected chi connectivity index (χ1v) is 14.4. The highest BCUT2D eigenvalue weighted by Gasteiger charge is 2.38. The Morgan fingerprint density at radius 3 is 2.56 bits per heavy atom. The second-order valence-electron chi connectivity index (χ2n) is 11.0. The number of nitrogens with zero attached hydrogens (tertiary/aromatic N) is 5. The van der Waals surface area contributed by atoms with E-state index in [1.165, 1.54) is 42.8 Å². The van der Waals surface area contributed by atoms with Gasteiger partial charge in [-0.05, 0) is 45.1 Å². The van der Waals surface area contributed by atoms with Crippen LogP contribution in [0.4, 0.5) is 46.3 Å². The minimum Gasteiger partial charge on any atom is -0.494 e. The average molecular weight is 630 g/mol. The van der Waals surface area contributed by atoms with E-state index in [-0.39, 0.29) is 30.3 Å². The molecule has 0 bridgehead atoms. The SMILES string of the molecule is C=CC(=O)Nc1cc(Nc2cc(N3OCCC3c3cccc(C(F)(F)F)c3F)ncn2)c(OC)cc1N1CCC(N(C)C)CC1. The zero-order valence-electron chi connectivity index (χ0n) is 25.2. The molecule has 10 nitrogen and oxygen atoms in total. The van der Waals surface area contributed by atoms with Crippen LogP contribution in [0, 0.1) is 5.82 Å². The Morgan fingerprint density at radius 2 is 1.89 bits per heavy atom. The number of benzene rings is 2. The zero-order chi connectivity index (χ0) is 32.3. The second kappa shape index (κ2) is 13.3. The fourth-order valence-corrected chi connectivity index (χ4v) is 5.68. The Labute approximate surface area is 258 Å². The summed E-state index contributed by atoms with van der Waals surface area (Å²) in [6.07, 6.45) is -0.226. The average Bonchev–Trinajstić information content (AvgIpc) is 3.51. The van der Waals surface area contributed by atoms with Crippen molar-refractivity contribution < 1.29 is 31.9 Å². The Hall–Kier alpha value is -4.43. The van der Waals surface area contributed by atoms with Gasteiger partial charge >= 0.3 is 6.18 Å². The number of hydrogen-bond donors (Lipinski definition) is 2. The van der Waals surface area contributed by atoms with Gasteiger partial charge in [-0.1, -0.05) is 18.7 Å². The number of ether oxygens (including phenoxy) is 1. The van der Waals surface area contributed by atoms with Crippen LogP contribution >= 0.6 is 0 Å². The molecule has 1 atom stereocenters. The predicted octanol–water partition coefficient (Wildman–Crippen LogP) is 5.92. The molecule has 240 valence electrons. The quantitative estimate of drug-likeness (QED) is 0.221. The maximum atomic E-state index is 15.0. The molecule has 3 aromatic rings. The molecule has 0 saturated carbocycles. The maximum Gasteiger partial charge on any atom is 0.419 e. The minimum atomic E-state index is -4.84. The standard InChI is InChI=1S/C31H35F4N7O3/c1-5-29(43)39-22-15-23(26(44-4)16-25(22)41-12-9-19(10-13-41)40(2)3)38-27-17-28(37-18-36-27)42-24(11-14-45-42)20-7-6-8-21(30(20)32)31(33,34)35/h5-8,15-19,24H,1,9-14H2,2-4H3,(H,39,43)(H,36,37,38). The van der Waals surface area contributed by atoms with E-state index in [9.17, 15) is 18.0 Å². The molecule has 0 spiro atoms. The molecule has 2 aliphatic rings. The van der Waals surface area contributed by atoms with Crippen molar-refractivity contribution >= 4 is 34.6 Å². The maximum absolute atomic E-state index is 15.0. The van der Waals surface area contributed by atoms with Gasteiger partial charge < -0.3 is 25.2 Å². The molecule has 2 N–H and O–H groups in total. The van der Waals surface area contributed by atoms with Crippen molar-refractivity contribution in [1.82, 2.24) is 14.9 Å². The van der Waals surface area contributed by atoms with Crippen molar-refractivity contribution in [3.63, 3.8) is 0 Å². The molecule has 2 saturated heterocycles. The number of nitrogens with one attached hydrogen (secondary N) is 2. The molecule has 2 aromatic carbocycles. The number of aromatic nitrogens is 2.